The fraction of sp³-hybridized carbons (Fsp3) is 0.226. The highest BCUT2D eigenvalue weighted by molar-refractivity contribution is 9.42. The molecule has 9 rings (SSSR count). The molecule has 1 aliphatic rings. The molecule has 1 aliphatic heterocycles. The molecule has 8 aromatic rings. The molecule has 0 nitrogen and oxygen atoms in total. The average molecular weight is 964 g/mol. The Kier molecular flexibility index (Phi) is 13.7. The van der Waals surface area contributed by atoms with Crippen molar-refractivity contribution in [2.24, 2.45) is 0 Å². The largest absolute Gasteiger partial charge is 0.264 e. The topological polar surface area (TPSA) is 0 Å². The minimum atomic E-state index is -2.58. The van der Waals surface area contributed by atoms with Crippen molar-refractivity contribution >= 4 is 56.9 Å². The third-order valence-electron chi connectivity index (χ3n) is 14.1. The molecule has 0 N–H and O–H groups in total. The van der Waals surface area contributed by atoms with E-state index >= 15 is 0 Å². The van der Waals surface area contributed by atoms with E-state index in [0.29, 0.717) is 0 Å². The highest BCUT2D eigenvalue weighted by Crippen LogP contribution is 2.62. The summed E-state index contributed by atoms with van der Waals surface area (Å²) in [5, 5.41) is 3.05. The van der Waals surface area contributed by atoms with Crippen LogP contribution in [0, 0.1) is 55.4 Å². The minimum absolute atomic E-state index is 0.0912. The van der Waals surface area contributed by atoms with Crippen LogP contribution in [0.1, 0.15) is 93.1 Å². The highest BCUT2D eigenvalue weighted by atomic mass is 33.8. The lowest BCUT2D eigenvalue weighted by atomic mass is 9.79. The Morgan fingerprint density at radius 2 is 0.672 bits per heavy atom. The summed E-state index contributed by atoms with van der Waals surface area (Å²) >= 11 is 0. The van der Waals surface area contributed by atoms with Crippen LogP contribution in [-0.2, 0) is 18.3 Å². The van der Waals surface area contributed by atoms with Gasteiger partial charge in [-0.15, -0.1) is 0 Å². The molecule has 0 amide bonds. The van der Waals surface area contributed by atoms with E-state index in [4.69, 9.17) is 0 Å². The van der Waals surface area contributed by atoms with Crippen LogP contribution < -0.4 is 10.4 Å². The van der Waals surface area contributed by atoms with Gasteiger partial charge in [-0.05, 0) is 221 Å². The van der Waals surface area contributed by atoms with E-state index in [-0.39, 0.29) is 5.41 Å². The molecule has 0 aliphatic carbocycles. The lowest BCUT2D eigenvalue weighted by molar-refractivity contribution is 0.589. The molecule has 0 radical (unpaired) electrons. The summed E-state index contributed by atoms with van der Waals surface area (Å²) in [6.07, 6.45) is -0.940. The maximum absolute atomic E-state index is 2.64. The van der Waals surface area contributed by atoms with Crippen LogP contribution in [0.5, 0.6) is 0 Å². The third kappa shape index (κ3) is 9.08. The van der Waals surface area contributed by atoms with Crippen LogP contribution in [0.2, 0.25) is 0 Å². The Bertz CT molecular complexity index is 2760. The quantitative estimate of drug-likeness (QED) is 0.0989. The second-order valence-corrected chi connectivity index (χ2v) is 34.4. The molecule has 1 saturated heterocycles. The first-order chi connectivity index (χ1) is 32.2. The van der Waals surface area contributed by atoms with E-state index in [0.717, 1.165) is 12.8 Å². The van der Waals surface area contributed by atoms with Gasteiger partial charge < -0.3 is 0 Å². The van der Waals surface area contributed by atoms with E-state index in [2.05, 4.69) is 248 Å². The molecule has 5 heteroatoms. The Morgan fingerprint density at radius 3 is 0.970 bits per heavy atom. The number of hydrogen-bond acceptors (Lipinski definition) is 4. The fourth-order valence-corrected chi connectivity index (χ4v) is 42.2. The minimum Gasteiger partial charge on any atom is -0.0831 e. The van der Waals surface area contributed by atoms with Gasteiger partial charge in [-0.1, -0.05) is 193 Å². The van der Waals surface area contributed by atoms with Crippen LogP contribution in [-0.4, -0.2) is 6.37 Å². The first kappa shape index (κ1) is 47.4. The van der Waals surface area contributed by atoms with Crippen molar-refractivity contribution in [2.75, 3.05) is 0 Å². The molecule has 8 aromatic carbocycles. The van der Waals surface area contributed by atoms with Gasteiger partial charge in [-0.25, -0.2) is 0 Å². The van der Waals surface area contributed by atoms with E-state index in [9.17, 15) is 0 Å². The summed E-state index contributed by atoms with van der Waals surface area (Å²) < 4.78 is 0. The number of benzene rings is 8. The first-order valence-electron chi connectivity index (χ1n) is 23.6. The van der Waals surface area contributed by atoms with Crippen molar-refractivity contribution in [3.05, 3.63) is 224 Å². The number of hydrogen-bond donors (Lipinski definition) is 0. The third-order valence-corrected chi connectivity index (χ3v) is 36.5. The van der Waals surface area contributed by atoms with Gasteiger partial charge in [0.25, 0.3) is 6.37 Å². The molecule has 1 fully saturated rings. The molecule has 0 bridgehead atoms. The molecular formula is C62H62S4Si. The zero-order valence-electron chi connectivity index (χ0n) is 41.0. The molecule has 0 atom stereocenters. The molecule has 0 unspecified atom stereocenters. The zero-order chi connectivity index (χ0) is 47.2. The average Bonchev–Trinajstić information content (AvgIpc) is 3.78. The van der Waals surface area contributed by atoms with Crippen molar-refractivity contribution in [1.82, 2.24) is 0 Å². The summed E-state index contributed by atoms with van der Waals surface area (Å²) in [4.78, 5) is 0. The van der Waals surface area contributed by atoms with Crippen molar-refractivity contribution in [2.45, 2.75) is 94.4 Å². The summed E-state index contributed by atoms with van der Waals surface area (Å²) in [5.74, 6) is 0. The van der Waals surface area contributed by atoms with Gasteiger partial charge in [0.1, 0.15) is 0 Å². The van der Waals surface area contributed by atoms with E-state index in [1.165, 1.54) is 122 Å². The van der Waals surface area contributed by atoms with Crippen molar-refractivity contribution in [3.8, 4) is 44.5 Å². The maximum Gasteiger partial charge on any atom is 0.264 e. The van der Waals surface area contributed by atoms with Crippen molar-refractivity contribution in [1.29, 1.82) is 0 Å². The molecule has 1 heterocycles. The first-order valence-corrected chi connectivity index (χ1v) is 31.9. The van der Waals surface area contributed by atoms with Crippen LogP contribution >= 0.6 is 40.1 Å². The fourth-order valence-electron chi connectivity index (χ4n) is 10.9. The number of rotatable bonds is 10. The molecular weight excluding hydrogens is 901 g/mol. The van der Waals surface area contributed by atoms with Gasteiger partial charge in [-0.3, -0.25) is 0 Å². The lowest BCUT2D eigenvalue weighted by Gasteiger charge is -2.33. The summed E-state index contributed by atoms with van der Waals surface area (Å²) in [7, 11) is 8.29. The van der Waals surface area contributed by atoms with Gasteiger partial charge in [0.05, 0.1) is 0 Å². The molecule has 67 heavy (non-hydrogen) atoms. The van der Waals surface area contributed by atoms with Gasteiger partial charge >= 0.3 is 0 Å². The smallest absolute Gasteiger partial charge is 0.0831 e. The SMILES string of the molecule is Cc1cccc(C)c1-c1cccc(-c2c(C)cccc2C)c1Cc1cc(C(C)(C)C)cc(Cc2c(-c3c(C)cccc3C)cccc2-c2c(C)cccc2C)c1[Si]1(c2ccccc2)SSSS1. The van der Waals surface area contributed by atoms with Crippen LogP contribution in [0.3, 0.4) is 0 Å². The van der Waals surface area contributed by atoms with Gasteiger partial charge in [0, 0.05) is 0 Å². The van der Waals surface area contributed by atoms with Gasteiger partial charge in [0.15, 0.2) is 0 Å². The predicted octanol–water partition coefficient (Wildman–Crippen LogP) is 17.5. The van der Waals surface area contributed by atoms with E-state index in [1.807, 2.05) is 19.7 Å². The van der Waals surface area contributed by atoms with E-state index in [1.54, 1.807) is 5.19 Å². The van der Waals surface area contributed by atoms with Crippen LogP contribution in [0.15, 0.2) is 152 Å². The standard InChI is InChI=1S/C62H62S4Si/c1-39-21-15-22-40(2)57(39)51-31-19-32-52(58-41(3)23-16-24-42(58)4)55(51)37-47-35-49(62(9,10)11)36-48(61(47)67(65-63-64-66-67)50-29-13-12-14-30-50)38-56-53(59-43(5)25-17-26-44(59)6)33-20-34-54(56)60-45(7)27-18-28-46(60)8/h12-36H,37-38H2,1-11H3. The van der Waals surface area contributed by atoms with Crippen molar-refractivity contribution < 1.29 is 0 Å². The second-order valence-electron chi connectivity index (χ2n) is 19.8. The summed E-state index contributed by atoms with van der Waals surface area (Å²) in [5.41, 5.74) is 28.3. The molecule has 0 spiro atoms. The monoisotopic (exact) mass is 962 g/mol. The Morgan fingerprint density at radius 1 is 0.373 bits per heavy atom. The number of aryl methyl sites for hydroxylation is 8. The molecule has 0 aromatic heterocycles. The lowest BCUT2D eigenvalue weighted by Crippen LogP contribution is -2.54. The van der Waals surface area contributed by atoms with Gasteiger partial charge in [0.2, 0.25) is 0 Å². The zero-order valence-corrected chi connectivity index (χ0v) is 45.2. The predicted molar refractivity (Wildman–Crippen MR) is 305 cm³/mol. The Balaban J connectivity index is 1.42. The summed E-state index contributed by atoms with van der Waals surface area (Å²) in [6.45, 7) is 25.6. The van der Waals surface area contributed by atoms with Crippen LogP contribution in [0.25, 0.3) is 44.5 Å². The van der Waals surface area contributed by atoms with Crippen LogP contribution in [0.4, 0.5) is 0 Å². The second kappa shape index (κ2) is 19.4. The Labute approximate surface area is 416 Å². The summed E-state index contributed by atoms with van der Waals surface area (Å²) in [6, 6.07) is 58.3. The maximum atomic E-state index is 2.64. The normalized spacial score (nSPS) is 13.6. The molecule has 0 saturated carbocycles. The Hall–Kier alpha value is -4.62. The van der Waals surface area contributed by atoms with Gasteiger partial charge in [-0.2, -0.15) is 0 Å². The van der Waals surface area contributed by atoms with Crippen molar-refractivity contribution in [3.63, 3.8) is 0 Å². The molecule has 338 valence electrons. The highest BCUT2D eigenvalue weighted by Gasteiger charge is 2.48. The van der Waals surface area contributed by atoms with E-state index < -0.39 is 6.37 Å².